The van der Waals surface area contributed by atoms with Crippen molar-refractivity contribution in [1.82, 2.24) is 15.3 Å². The van der Waals surface area contributed by atoms with E-state index >= 15 is 0 Å². The summed E-state index contributed by atoms with van der Waals surface area (Å²) >= 11 is 0. The number of aromatic nitrogens is 2. The Labute approximate surface area is 210 Å². The van der Waals surface area contributed by atoms with Crippen molar-refractivity contribution in [2.75, 3.05) is 24.3 Å². The fourth-order valence-electron chi connectivity index (χ4n) is 4.96. The van der Waals surface area contributed by atoms with Crippen molar-refractivity contribution in [2.24, 2.45) is 0 Å². The highest BCUT2D eigenvalue weighted by Gasteiger charge is 2.30. The molecule has 2 aliphatic carbocycles. The third-order valence-corrected chi connectivity index (χ3v) is 6.88. The van der Waals surface area contributed by atoms with Crippen LogP contribution in [0.3, 0.4) is 0 Å². The number of anilines is 2. The molecule has 184 valence electrons. The first kappa shape index (κ1) is 23.7. The molecule has 0 atom stereocenters. The van der Waals surface area contributed by atoms with Gasteiger partial charge in [-0.25, -0.2) is 9.97 Å². The van der Waals surface area contributed by atoms with Crippen molar-refractivity contribution >= 4 is 29.1 Å². The highest BCUT2D eigenvalue weighted by molar-refractivity contribution is 6.28. The molecule has 1 aromatic heterocycles. The van der Waals surface area contributed by atoms with E-state index in [2.05, 4.69) is 20.6 Å². The van der Waals surface area contributed by atoms with Crippen molar-refractivity contribution in [2.45, 2.75) is 44.7 Å². The molecule has 1 fully saturated rings. The quantitative estimate of drug-likeness (QED) is 0.445. The van der Waals surface area contributed by atoms with Crippen LogP contribution in [0.25, 0.3) is 0 Å². The summed E-state index contributed by atoms with van der Waals surface area (Å²) in [4.78, 5) is 49.7. The first-order valence-electron chi connectivity index (χ1n) is 12.2. The van der Waals surface area contributed by atoms with Crippen LogP contribution in [0.5, 0.6) is 0 Å². The molecule has 1 heterocycles. The highest BCUT2D eigenvalue weighted by atomic mass is 16.2. The summed E-state index contributed by atoms with van der Waals surface area (Å²) in [7, 11) is 3.91. The predicted molar refractivity (Wildman–Crippen MR) is 138 cm³/mol. The molecule has 1 amide bonds. The second kappa shape index (κ2) is 9.53. The smallest absolute Gasteiger partial charge is 0.251 e. The van der Waals surface area contributed by atoms with E-state index in [0.29, 0.717) is 22.3 Å². The molecule has 8 nitrogen and oxygen atoms in total. The maximum atomic E-state index is 13.0. The molecule has 2 aromatic carbocycles. The molecule has 3 aromatic rings. The van der Waals surface area contributed by atoms with Gasteiger partial charge in [-0.05, 0) is 50.8 Å². The summed E-state index contributed by atoms with van der Waals surface area (Å²) in [6, 6.07) is 13.8. The Morgan fingerprint density at radius 3 is 2.11 bits per heavy atom. The third-order valence-electron chi connectivity index (χ3n) is 6.88. The van der Waals surface area contributed by atoms with E-state index in [9.17, 15) is 14.4 Å². The topological polar surface area (TPSA) is 104 Å². The second-order valence-corrected chi connectivity index (χ2v) is 9.68. The Bertz CT molecular complexity index is 1360. The minimum Gasteiger partial charge on any atom is -0.367 e. The van der Waals surface area contributed by atoms with Crippen LogP contribution < -0.4 is 15.5 Å². The summed E-state index contributed by atoms with van der Waals surface area (Å²) in [5, 5.41) is 6.62. The van der Waals surface area contributed by atoms with Crippen molar-refractivity contribution in [3.8, 4) is 0 Å². The van der Waals surface area contributed by atoms with Crippen molar-refractivity contribution in [3.63, 3.8) is 0 Å². The van der Waals surface area contributed by atoms with E-state index in [-0.39, 0.29) is 35.1 Å². The summed E-state index contributed by atoms with van der Waals surface area (Å²) in [6.45, 7) is 1.88. The fourth-order valence-corrected chi connectivity index (χ4v) is 4.96. The van der Waals surface area contributed by atoms with Crippen molar-refractivity contribution < 1.29 is 14.4 Å². The lowest BCUT2D eigenvalue weighted by Gasteiger charge is -2.30. The summed E-state index contributed by atoms with van der Waals surface area (Å²) in [5.41, 5.74) is 1.82. The monoisotopic (exact) mass is 483 g/mol. The standard InChI is InChI=1S/C28H29N5O3/c1-16-29-24(15-25(30-16)33(2)3)31-18-9-11-19(12-10-18)32-28(36)17-8-13-22-23(14-17)27(35)21-7-5-4-6-20(21)26(22)34/h4-8,13-15,18-19H,9-12H2,1-3H3,(H,32,36)(H,29,30,31). The van der Waals surface area contributed by atoms with Gasteiger partial charge in [0.25, 0.3) is 5.91 Å². The number of hydrogen-bond acceptors (Lipinski definition) is 7. The van der Waals surface area contributed by atoms with Crippen LogP contribution in [0.4, 0.5) is 11.6 Å². The van der Waals surface area contributed by atoms with Gasteiger partial charge in [-0.3, -0.25) is 14.4 Å². The van der Waals surface area contributed by atoms with Crippen LogP contribution in [0.1, 0.15) is 73.7 Å². The lowest BCUT2D eigenvalue weighted by atomic mass is 9.83. The van der Waals surface area contributed by atoms with E-state index in [1.54, 1.807) is 42.5 Å². The number of ketones is 2. The van der Waals surface area contributed by atoms with Gasteiger partial charge >= 0.3 is 0 Å². The van der Waals surface area contributed by atoms with E-state index < -0.39 is 0 Å². The van der Waals surface area contributed by atoms with Crippen LogP contribution in [-0.2, 0) is 0 Å². The first-order chi connectivity index (χ1) is 17.3. The van der Waals surface area contributed by atoms with Crippen molar-refractivity contribution in [3.05, 3.63) is 82.2 Å². The molecule has 8 heteroatoms. The molecule has 0 aliphatic heterocycles. The number of carbonyl (C=O) groups is 3. The molecule has 0 spiro atoms. The zero-order valence-electron chi connectivity index (χ0n) is 20.7. The van der Waals surface area contributed by atoms with Crippen LogP contribution >= 0.6 is 0 Å². The van der Waals surface area contributed by atoms with Gasteiger partial charge in [-0.2, -0.15) is 0 Å². The first-order valence-corrected chi connectivity index (χ1v) is 12.2. The molecule has 2 aliphatic rings. The highest BCUT2D eigenvalue weighted by Crippen LogP contribution is 2.28. The van der Waals surface area contributed by atoms with Crippen LogP contribution in [-0.4, -0.2) is 53.6 Å². The van der Waals surface area contributed by atoms with Crippen LogP contribution in [0, 0.1) is 6.92 Å². The van der Waals surface area contributed by atoms with Crippen molar-refractivity contribution in [1.29, 1.82) is 0 Å². The number of fused-ring (bicyclic) bond motifs is 2. The number of nitrogens with one attached hydrogen (secondary N) is 2. The molecular formula is C28H29N5O3. The fraction of sp³-hybridized carbons (Fsp3) is 0.321. The van der Waals surface area contributed by atoms with E-state index in [1.165, 1.54) is 0 Å². The van der Waals surface area contributed by atoms with Gasteiger partial charge in [0, 0.05) is 60.1 Å². The van der Waals surface area contributed by atoms with Gasteiger partial charge < -0.3 is 15.5 Å². The Balaban J connectivity index is 1.21. The lowest BCUT2D eigenvalue weighted by Crippen LogP contribution is -2.40. The number of amides is 1. The summed E-state index contributed by atoms with van der Waals surface area (Å²) < 4.78 is 0. The van der Waals surface area contributed by atoms with Gasteiger partial charge in [-0.1, -0.05) is 24.3 Å². The minimum absolute atomic E-state index is 0.0501. The van der Waals surface area contributed by atoms with Gasteiger partial charge in [0.05, 0.1) is 0 Å². The third kappa shape index (κ3) is 4.58. The van der Waals surface area contributed by atoms with Crippen LogP contribution in [0.2, 0.25) is 0 Å². The van der Waals surface area contributed by atoms with E-state index in [4.69, 9.17) is 0 Å². The predicted octanol–water partition coefficient (Wildman–Crippen LogP) is 3.78. The van der Waals surface area contributed by atoms with Gasteiger partial charge in [0.1, 0.15) is 17.5 Å². The molecule has 0 radical (unpaired) electrons. The molecule has 1 saturated carbocycles. The zero-order chi connectivity index (χ0) is 25.4. The normalized spacial score (nSPS) is 18.8. The van der Waals surface area contributed by atoms with Crippen LogP contribution in [0.15, 0.2) is 48.5 Å². The molecule has 0 bridgehead atoms. The summed E-state index contributed by atoms with van der Waals surface area (Å²) in [6.07, 6.45) is 3.48. The van der Waals surface area contributed by atoms with Gasteiger partial charge in [0.15, 0.2) is 11.6 Å². The number of rotatable bonds is 5. The lowest BCUT2D eigenvalue weighted by molar-refractivity contribution is 0.0925. The molecule has 0 unspecified atom stereocenters. The maximum Gasteiger partial charge on any atom is 0.251 e. The molecular weight excluding hydrogens is 454 g/mol. The van der Waals surface area contributed by atoms with E-state index in [0.717, 1.165) is 43.1 Å². The zero-order valence-corrected chi connectivity index (χ0v) is 20.7. The Hall–Kier alpha value is -4.07. The van der Waals surface area contributed by atoms with Gasteiger partial charge in [0.2, 0.25) is 0 Å². The number of nitrogens with zero attached hydrogens (tertiary/aromatic N) is 3. The SMILES string of the molecule is Cc1nc(NC2CCC(NC(=O)c3ccc4c(c3)C(=O)c3ccccc3C4=O)CC2)cc(N(C)C)n1. The Kier molecular flexibility index (Phi) is 6.26. The van der Waals surface area contributed by atoms with Gasteiger partial charge in [-0.15, -0.1) is 0 Å². The average molecular weight is 484 g/mol. The second-order valence-electron chi connectivity index (χ2n) is 9.68. The molecule has 2 N–H and O–H groups in total. The maximum absolute atomic E-state index is 13.0. The number of benzene rings is 2. The average Bonchev–Trinajstić information content (AvgIpc) is 2.87. The molecule has 36 heavy (non-hydrogen) atoms. The number of aryl methyl sites for hydroxylation is 1. The number of hydrogen-bond donors (Lipinski definition) is 2. The Morgan fingerprint density at radius 1 is 0.833 bits per heavy atom. The molecule has 5 rings (SSSR count). The number of carbonyl (C=O) groups excluding carboxylic acids is 3. The van der Waals surface area contributed by atoms with E-state index in [1.807, 2.05) is 32.0 Å². The largest absolute Gasteiger partial charge is 0.367 e. The summed E-state index contributed by atoms with van der Waals surface area (Å²) in [5.74, 6) is 1.76. The molecule has 0 saturated heterocycles. The Morgan fingerprint density at radius 2 is 1.44 bits per heavy atom. The minimum atomic E-state index is -0.227.